The van der Waals surface area contributed by atoms with Gasteiger partial charge in [-0.25, -0.2) is 0 Å². The standard InChI is InChI=1S/C11H23NOS/c1-6-11(5,7-2)12-10(13)9(14)8(3)4/h8-9,14H,6-7H2,1-5H3,(H,12,13). The molecular weight excluding hydrogens is 194 g/mol. The van der Waals surface area contributed by atoms with Gasteiger partial charge in [0, 0.05) is 5.54 Å². The first-order valence-corrected chi connectivity index (χ1v) is 5.88. The Labute approximate surface area is 93.3 Å². The zero-order valence-electron chi connectivity index (χ0n) is 9.92. The molecule has 0 aliphatic carbocycles. The molecule has 0 saturated carbocycles. The van der Waals surface area contributed by atoms with Crippen LogP contribution in [0.4, 0.5) is 0 Å². The average Bonchev–Trinajstić information content (AvgIpc) is 2.16. The largest absolute Gasteiger partial charge is 0.350 e. The second-order valence-corrected chi connectivity index (χ2v) is 5.00. The second kappa shape index (κ2) is 5.64. The fraction of sp³-hybridized carbons (Fsp3) is 0.909. The summed E-state index contributed by atoms with van der Waals surface area (Å²) in [6.07, 6.45) is 1.90. The highest BCUT2D eigenvalue weighted by atomic mass is 32.1. The summed E-state index contributed by atoms with van der Waals surface area (Å²) in [5.74, 6) is 0.325. The zero-order valence-corrected chi connectivity index (χ0v) is 10.8. The Morgan fingerprint density at radius 2 is 1.79 bits per heavy atom. The maximum absolute atomic E-state index is 11.7. The summed E-state index contributed by atoms with van der Waals surface area (Å²) in [4.78, 5) is 11.7. The third kappa shape index (κ3) is 3.91. The first kappa shape index (κ1) is 13.8. The van der Waals surface area contributed by atoms with Crippen molar-refractivity contribution in [2.24, 2.45) is 5.92 Å². The van der Waals surface area contributed by atoms with Crippen molar-refractivity contribution >= 4 is 18.5 Å². The molecule has 0 aliphatic heterocycles. The third-order valence-electron chi connectivity index (χ3n) is 2.89. The van der Waals surface area contributed by atoms with E-state index in [2.05, 4.69) is 38.7 Å². The zero-order chi connectivity index (χ0) is 11.4. The Morgan fingerprint density at radius 3 is 2.07 bits per heavy atom. The van der Waals surface area contributed by atoms with E-state index in [4.69, 9.17) is 0 Å². The van der Waals surface area contributed by atoms with Crippen molar-refractivity contribution in [3.05, 3.63) is 0 Å². The van der Waals surface area contributed by atoms with Crippen molar-refractivity contribution in [2.75, 3.05) is 0 Å². The number of amides is 1. The molecule has 0 fully saturated rings. The predicted octanol–water partition coefficient (Wildman–Crippen LogP) is 2.64. The lowest BCUT2D eigenvalue weighted by molar-refractivity contribution is -0.123. The van der Waals surface area contributed by atoms with E-state index < -0.39 is 0 Å². The second-order valence-electron chi connectivity index (χ2n) is 4.45. The summed E-state index contributed by atoms with van der Waals surface area (Å²) in [5.41, 5.74) is -0.0764. The molecule has 0 radical (unpaired) electrons. The Kier molecular flexibility index (Phi) is 5.57. The van der Waals surface area contributed by atoms with Crippen LogP contribution in [-0.4, -0.2) is 16.7 Å². The highest BCUT2D eigenvalue weighted by Crippen LogP contribution is 2.16. The van der Waals surface area contributed by atoms with E-state index in [0.29, 0.717) is 0 Å². The summed E-state index contributed by atoms with van der Waals surface area (Å²) < 4.78 is 0. The fourth-order valence-corrected chi connectivity index (χ4v) is 1.17. The van der Waals surface area contributed by atoms with Crippen molar-refractivity contribution in [2.45, 2.75) is 58.2 Å². The molecule has 84 valence electrons. The Morgan fingerprint density at radius 1 is 1.36 bits per heavy atom. The Hall–Kier alpha value is -0.180. The molecule has 0 aromatic rings. The maximum Gasteiger partial charge on any atom is 0.233 e. The quantitative estimate of drug-likeness (QED) is 0.681. The van der Waals surface area contributed by atoms with Crippen LogP contribution in [-0.2, 0) is 4.79 Å². The number of nitrogens with one attached hydrogen (secondary N) is 1. The first-order valence-electron chi connectivity index (χ1n) is 5.36. The molecular formula is C11H23NOS. The van der Waals surface area contributed by atoms with Gasteiger partial charge >= 0.3 is 0 Å². The lowest BCUT2D eigenvalue weighted by Crippen LogP contribution is -2.48. The molecule has 0 aromatic heterocycles. The van der Waals surface area contributed by atoms with Gasteiger partial charge in [0.15, 0.2) is 0 Å². The molecule has 0 saturated heterocycles. The summed E-state index contributed by atoms with van der Waals surface area (Å²) in [6.45, 7) is 10.3. The maximum atomic E-state index is 11.7. The molecule has 3 heteroatoms. The molecule has 1 N–H and O–H groups in total. The lowest BCUT2D eigenvalue weighted by atomic mass is 9.95. The van der Waals surface area contributed by atoms with Crippen LogP contribution >= 0.6 is 12.6 Å². The van der Waals surface area contributed by atoms with Crippen LogP contribution in [0.25, 0.3) is 0 Å². The van der Waals surface area contributed by atoms with Gasteiger partial charge in [-0.15, -0.1) is 0 Å². The number of thiol groups is 1. The molecule has 0 bridgehead atoms. The minimum absolute atomic E-state index is 0.0505. The molecule has 0 aromatic carbocycles. The molecule has 0 heterocycles. The molecule has 1 atom stereocenters. The number of hydrogen-bond acceptors (Lipinski definition) is 2. The molecule has 1 unspecified atom stereocenters. The average molecular weight is 217 g/mol. The first-order chi connectivity index (χ1) is 6.36. The predicted molar refractivity (Wildman–Crippen MR) is 64.7 cm³/mol. The van der Waals surface area contributed by atoms with Gasteiger partial charge in [0.1, 0.15) is 0 Å². The van der Waals surface area contributed by atoms with Crippen LogP contribution in [0.15, 0.2) is 0 Å². The number of carbonyl (C=O) groups is 1. The molecule has 1 amide bonds. The Balaban J connectivity index is 4.30. The van der Waals surface area contributed by atoms with E-state index in [0.717, 1.165) is 12.8 Å². The smallest absolute Gasteiger partial charge is 0.233 e. The van der Waals surface area contributed by atoms with Gasteiger partial charge in [-0.3, -0.25) is 4.79 Å². The molecule has 0 spiro atoms. The monoisotopic (exact) mass is 217 g/mol. The Bertz CT molecular complexity index is 188. The lowest BCUT2D eigenvalue weighted by Gasteiger charge is -2.30. The molecule has 14 heavy (non-hydrogen) atoms. The van der Waals surface area contributed by atoms with Crippen molar-refractivity contribution in [3.63, 3.8) is 0 Å². The van der Waals surface area contributed by atoms with Gasteiger partial charge in [0.25, 0.3) is 0 Å². The number of rotatable bonds is 5. The van der Waals surface area contributed by atoms with Crippen LogP contribution in [0.1, 0.15) is 47.5 Å². The van der Waals surface area contributed by atoms with E-state index in [1.807, 2.05) is 13.8 Å². The van der Waals surface area contributed by atoms with Gasteiger partial charge in [0.05, 0.1) is 5.25 Å². The highest BCUT2D eigenvalue weighted by molar-refractivity contribution is 7.81. The van der Waals surface area contributed by atoms with Crippen LogP contribution in [0.3, 0.4) is 0 Å². The van der Waals surface area contributed by atoms with Crippen molar-refractivity contribution < 1.29 is 4.79 Å². The fourth-order valence-electron chi connectivity index (χ4n) is 1.10. The normalized spacial score (nSPS) is 14.2. The molecule has 0 aliphatic rings. The van der Waals surface area contributed by atoms with E-state index in [-0.39, 0.29) is 22.6 Å². The summed E-state index contributed by atoms with van der Waals surface area (Å²) in [6, 6.07) is 0. The number of carbonyl (C=O) groups excluding carboxylic acids is 1. The van der Waals surface area contributed by atoms with Crippen molar-refractivity contribution in [1.82, 2.24) is 5.32 Å². The summed E-state index contributed by atoms with van der Waals surface area (Å²) in [5, 5.41) is 2.86. The van der Waals surface area contributed by atoms with E-state index in [1.54, 1.807) is 0 Å². The van der Waals surface area contributed by atoms with E-state index in [1.165, 1.54) is 0 Å². The third-order valence-corrected chi connectivity index (χ3v) is 3.72. The van der Waals surface area contributed by atoms with Gasteiger partial charge < -0.3 is 5.32 Å². The van der Waals surface area contributed by atoms with Crippen molar-refractivity contribution in [1.29, 1.82) is 0 Å². The summed E-state index contributed by atoms with van der Waals surface area (Å²) in [7, 11) is 0. The van der Waals surface area contributed by atoms with Crippen LogP contribution in [0.5, 0.6) is 0 Å². The van der Waals surface area contributed by atoms with Gasteiger partial charge in [-0.1, -0.05) is 27.7 Å². The summed E-state index contributed by atoms with van der Waals surface area (Å²) >= 11 is 4.30. The van der Waals surface area contributed by atoms with Crippen LogP contribution < -0.4 is 5.32 Å². The van der Waals surface area contributed by atoms with E-state index >= 15 is 0 Å². The van der Waals surface area contributed by atoms with Crippen molar-refractivity contribution in [3.8, 4) is 0 Å². The highest BCUT2D eigenvalue weighted by Gasteiger charge is 2.26. The molecule has 2 nitrogen and oxygen atoms in total. The van der Waals surface area contributed by atoms with Gasteiger partial charge in [-0.05, 0) is 25.7 Å². The SMILES string of the molecule is CCC(C)(CC)NC(=O)C(S)C(C)C. The van der Waals surface area contributed by atoms with Crippen LogP contribution in [0.2, 0.25) is 0 Å². The minimum Gasteiger partial charge on any atom is -0.350 e. The number of hydrogen-bond donors (Lipinski definition) is 2. The minimum atomic E-state index is -0.201. The van der Waals surface area contributed by atoms with E-state index in [9.17, 15) is 4.79 Å². The van der Waals surface area contributed by atoms with Crippen LogP contribution in [0, 0.1) is 5.92 Å². The van der Waals surface area contributed by atoms with Gasteiger partial charge in [-0.2, -0.15) is 12.6 Å². The topological polar surface area (TPSA) is 29.1 Å². The molecule has 0 rings (SSSR count). The van der Waals surface area contributed by atoms with Gasteiger partial charge in [0.2, 0.25) is 5.91 Å².